The zero-order chi connectivity index (χ0) is 13.1. The Bertz CT molecular complexity index is 500. The van der Waals surface area contributed by atoms with Crippen LogP contribution in [0, 0.1) is 0 Å². The van der Waals surface area contributed by atoms with Crippen molar-refractivity contribution in [1.82, 2.24) is 4.90 Å². The normalized spacial score (nSPS) is 15.1. The lowest BCUT2D eigenvalue weighted by Crippen LogP contribution is -2.24. The van der Waals surface area contributed by atoms with Crippen molar-refractivity contribution in [2.45, 2.75) is 38.5 Å². The van der Waals surface area contributed by atoms with Crippen LogP contribution in [0.2, 0.25) is 0 Å². The monoisotopic (exact) mass is 272 g/mol. The molecule has 0 atom stereocenters. The lowest BCUT2D eigenvalue weighted by atomic mass is 10.1. The highest BCUT2D eigenvalue weighted by atomic mass is 32.1. The summed E-state index contributed by atoms with van der Waals surface area (Å²) in [6, 6.07) is 11.7. The van der Waals surface area contributed by atoms with Gasteiger partial charge in [-0.2, -0.15) is 11.3 Å². The molecule has 0 spiro atoms. The van der Waals surface area contributed by atoms with Crippen LogP contribution in [0.15, 0.2) is 41.1 Å². The maximum atomic E-state index is 5.64. The van der Waals surface area contributed by atoms with Gasteiger partial charge in [-0.15, -0.1) is 0 Å². The molecule has 1 heterocycles. The van der Waals surface area contributed by atoms with Crippen molar-refractivity contribution in [3.05, 3.63) is 57.8 Å². The van der Waals surface area contributed by atoms with E-state index in [-0.39, 0.29) is 0 Å². The summed E-state index contributed by atoms with van der Waals surface area (Å²) >= 11 is 1.78. The molecule has 1 aromatic carbocycles. The summed E-state index contributed by atoms with van der Waals surface area (Å²) in [5.41, 5.74) is 9.68. The summed E-state index contributed by atoms with van der Waals surface area (Å²) in [4.78, 5) is 2.60. The average molecular weight is 272 g/mol. The summed E-state index contributed by atoms with van der Waals surface area (Å²) in [5, 5.41) is 4.42. The van der Waals surface area contributed by atoms with Gasteiger partial charge in [0, 0.05) is 25.7 Å². The molecular formula is C16H20N2S. The Kier molecular flexibility index (Phi) is 3.97. The van der Waals surface area contributed by atoms with E-state index < -0.39 is 0 Å². The molecule has 1 aromatic heterocycles. The smallest absolute Gasteiger partial charge is 0.0248 e. The summed E-state index contributed by atoms with van der Waals surface area (Å²) in [5.74, 6) is 0. The molecular weight excluding hydrogens is 252 g/mol. The van der Waals surface area contributed by atoms with Crippen LogP contribution in [0.1, 0.15) is 29.5 Å². The number of hydrogen-bond acceptors (Lipinski definition) is 3. The van der Waals surface area contributed by atoms with Crippen molar-refractivity contribution < 1.29 is 0 Å². The van der Waals surface area contributed by atoms with E-state index in [1.807, 2.05) is 0 Å². The molecule has 3 rings (SSSR count). The molecule has 100 valence electrons. The van der Waals surface area contributed by atoms with Gasteiger partial charge in [0.25, 0.3) is 0 Å². The van der Waals surface area contributed by atoms with Gasteiger partial charge < -0.3 is 5.73 Å². The van der Waals surface area contributed by atoms with Crippen LogP contribution < -0.4 is 5.73 Å². The minimum Gasteiger partial charge on any atom is -0.326 e. The second kappa shape index (κ2) is 5.87. The highest BCUT2D eigenvalue weighted by Gasteiger charge is 2.28. The summed E-state index contributed by atoms with van der Waals surface area (Å²) in [6.45, 7) is 2.75. The molecule has 2 aromatic rings. The molecule has 19 heavy (non-hydrogen) atoms. The third-order valence-corrected chi connectivity index (χ3v) is 4.41. The van der Waals surface area contributed by atoms with E-state index in [9.17, 15) is 0 Å². The quantitative estimate of drug-likeness (QED) is 0.873. The van der Waals surface area contributed by atoms with Gasteiger partial charge in [0.2, 0.25) is 0 Å². The van der Waals surface area contributed by atoms with Gasteiger partial charge in [0.1, 0.15) is 0 Å². The van der Waals surface area contributed by atoms with Crippen molar-refractivity contribution in [3.63, 3.8) is 0 Å². The highest BCUT2D eigenvalue weighted by molar-refractivity contribution is 7.07. The van der Waals surface area contributed by atoms with E-state index in [4.69, 9.17) is 5.73 Å². The van der Waals surface area contributed by atoms with Crippen molar-refractivity contribution in [1.29, 1.82) is 0 Å². The Labute approximate surface area is 118 Å². The predicted molar refractivity (Wildman–Crippen MR) is 80.9 cm³/mol. The molecule has 1 fully saturated rings. The van der Waals surface area contributed by atoms with Gasteiger partial charge in [-0.25, -0.2) is 0 Å². The van der Waals surface area contributed by atoms with Crippen LogP contribution in [0.5, 0.6) is 0 Å². The lowest BCUT2D eigenvalue weighted by Gasteiger charge is -2.21. The fourth-order valence-electron chi connectivity index (χ4n) is 2.39. The first-order valence-electron chi connectivity index (χ1n) is 6.88. The van der Waals surface area contributed by atoms with E-state index in [1.165, 1.54) is 29.5 Å². The van der Waals surface area contributed by atoms with Crippen LogP contribution in [-0.4, -0.2) is 10.9 Å². The Morgan fingerprint density at radius 3 is 2.26 bits per heavy atom. The zero-order valence-corrected chi connectivity index (χ0v) is 11.9. The number of hydrogen-bond donors (Lipinski definition) is 1. The maximum absolute atomic E-state index is 5.64. The number of rotatable bonds is 6. The number of benzene rings is 1. The minimum absolute atomic E-state index is 0.627. The summed E-state index contributed by atoms with van der Waals surface area (Å²) in [6.07, 6.45) is 2.70. The molecule has 0 aliphatic heterocycles. The summed E-state index contributed by atoms with van der Waals surface area (Å²) < 4.78 is 0. The topological polar surface area (TPSA) is 29.3 Å². The van der Waals surface area contributed by atoms with Crippen LogP contribution in [-0.2, 0) is 19.6 Å². The summed E-state index contributed by atoms with van der Waals surface area (Å²) in [7, 11) is 0. The van der Waals surface area contributed by atoms with E-state index >= 15 is 0 Å². The fourth-order valence-corrected chi connectivity index (χ4v) is 3.05. The molecule has 0 amide bonds. The molecule has 1 aliphatic rings. The SMILES string of the molecule is NCc1ccc(CN(Cc2ccsc2)C2CC2)cc1. The van der Waals surface area contributed by atoms with Gasteiger partial charge >= 0.3 is 0 Å². The van der Waals surface area contributed by atoms with E-state index in [1.54, 1.807) is 11.3 Å². The first-order chi connectivity index (χ1) is 9.35. The standard InChI is InChI=1S/C16H20N2S/c17-9-13-1-3-14(4-2-13)10-18(16-5-6-16)11-15-7-8-19-12-15/h1-4,7-8,12,16H,5-6,9-11,17H2. The molecule has 2 nitrogen and oxygen atoms in total. The largest absolute Gasteiger partial charge is 0.326 e. The van der Waals surface area contributed by atoms with Crippen molar-refractivity contribution in [2.24, 2.45) is 5.73 Å². The molecule has 2 N–H and O–H groups in total. The maximum Gasteiger partial charge on any atom is 0.0248 e. The van der Waals surface area contributed by atoms with E-state index in [0.717, 1.165) is 19.1 Å². The van der Waals surface area contributed by atoms with E-state index in [2.05, 4.69) is 46.0 Å². The Morgan fingerprint density at radius 2 is 1.68 bits per heavy atom. The van der Waals surface area contributed by atoms with Crippen molar-refractivity contribution >= 4 is 11.3 Å². The second-order valence-corrected chi connectivity index (χ2v) is 6.07. The molecule has 1 aliphatic carbocycles. The molecule has 0 radical (unpaired) electrons. The van der Waals surface area contributed by atoms with Crippen LogP contribution in [0.25, 0.3) is 0 Å². The zero-order valence-electron chi connectivity index (χ0n) is 11.1. The van der Waals surface area contributed by atoms with Gasteiger partial charge in [-0.1, -0.05) is 24.3 Å². The third-order valence-electron chi connectivity index (χ3n) is 3.67. The second-order valence-electron chi connectivity index (χ2n) is 5.29. The fraction of sp³-hybridized carbons (Fsp3) is 0.375. The van der Waals surface area contributed by atoms with E-state index in [0.29, 0.717) is 6.54 Å². The van der Waals surface area contributed by atoms with Crippen LogP contribution >= 0.6 is 11.3 Å². The molecule has 0 unspecified atom stereocenters. The number of nitrogens with zero attached hydrogens (tertiary/aromatic N) is 1. The van der Waals surface area contributed by atoms with Crippen molar-refractivity contribution in [2.75, 3.05) is 0 Å². The number of nitrogens with two attached hydrogens (primary N) is 1. The van der Waals surface area contributed by atoms with Crippen molar-refractivity contribution in [3.8, 4) is 0 Å². The first-order valence-corrected chi connectivity index (χ1v) is 7.82. The first kappa shape index (κ1) is 12.9. The highest BCUT2D eigenvalue weighted by Crippen LogP contribution is 2.30. The number of thiophene rings is 1. The lowest BCUT2D eigenvalue weighted by molar-refractivity contribution is 0.246. The minimum atomic E-state index is 0.627. The van der Waals surface area contributed by atoms with Gasteiger partial charge in [0.05, 0.1) is 0 Å². The molecule has 1 saturated carbocycles. The Hall–Kier alpha value is -1.16. The Balaban J connectivity index is 1.66. The third kappa shape index (κ3) is 3.44. The van der Waals surface area contributed by atoms with Crippen LogP contribution in [0.3, 0.4) is 0 Å². The predicted octanol–water partition coefficient (Wildman–Crippen LogP) is 3.37. The molecule has 3 heteroatoms. The van der Waals surface area contributed by atoms with Gasteiger partial charge in [0.15, 0.2) is 0 Å². The molecule has 0 saturated heterocycles. The molecule has 0 bridgehead atoms. The average Bonchev–Trinajstić information content (AvgIpc) is 3.17. The van der Waals surface area contributed by atoms with Gasteiger partial charge in [-0.3, -0.25) is 4.90 Å². The van der Waals surface area contributed by atoms with Crippen LogP contribution in [0.4, 0.5) is 0 Å². The Morgan fingerprint density at radius 1 is 1.00 bits per heavy atom. The van der Waals surface area contributed by atoms with Gasteiger partial charge in [-0.05, 0) is 46.4 Å².